The van der Waals surface area contributed by atoms with E-state index in [1.807, 2.05) is 6.07 Å². The molecule has 0 radical (unpaired) electrons. The second-order valence-corrected chi connectivity index (χ2v) is 6.26. The van der Waals surface area contributed by atoms with Crippen molar-refractivity contribution in [3.63, 3.8) is 0 Å². The maximum absolute atomic E-state index is 12.1. The molecule has 118 valence electrons. The van der Waals surface area contributed by atoms with Crippen molar-refractivity contribution < 1.29 is 14.0 Å². The first-order chi connectivity index (χ1) is 11.1. The standard InChI is InChI=1S/C17H15BrN2O3/c18-13-5-3-11(4-6-13)17(22)20-19-14-8-12(9-15(21)10-14)16-2-1-7-23-16/h1-7,10,12,19H,8-9H2,(H,20,22)/t12-/m0/s1. The van der Waals surface area contributed by atoms with E-state index in [1.54, 1.807) is 36.6 Å². The van der Waals surface area contributed by atoms with Crippen LogP contribution >= 0.6 is 15.9 Å². The van der Waals surface area contributed by atoms with E-state index >= 15 is 0 Å². The van der Waals surface area contributed by atoms with Crippen molar-refractivity contribution in [1.29, 1.82) is 0 Å². The molecule has 6 heteroatoms. The Bertz CT molecular complexity index is 736. The van der Waals surface area contributed by atoms with Crippen LogP contribution in [-0.2, 0) is 4.79 Å². The molecular weight excluding hydrogens is 360 g/mol. The Hall–Kier alpha value is -2.34. The predicted octanol–water partition coefficient (Wildman–Crippen LogP) is 3.31. The summed E-state index contributed by atoms with van der Waals surface area (Å²) in [5.41, 5.74) is 6.67. The predicted molar refractivity (Wildman–Crippen MR) is 88.5 cm³/mol. The summed E-state index contributed by atoms with van der Waals surface area (Å²) in [7, 11) is 0. The number of nitrogens with one attached hydrogen (secondary N) is 2. The molecule has 1 atom stereocenters. The molecule has 0 spiro atoms. The van der Waals surface area contributed by atoms with E-state index in [1.165, 1.54) is 6.08 Å². The average Bonchev–Trinajstić information content (AvgIpc) is 3.07. The Morgan fingerprint density at radius 1 is 1.17 bits per heavy atom. The molecule has 0 fully saturated rings. The number of allylic oxidation sites excluding steroid dienone is 2. The van der Waals surface area contributed by atoms with E-state index in [2.05, 4.69) is 26.8 Å². The van der Waals surface area contributed by atoms with Gasteiger partial charge < -0.3 is 9.84 Å². The Labute approximate surface area is 141 Å². The van der Waals surface area contributed by atoms with Crippen LogP contribution in [0.2, 0.25) is 0 Å². The summed E-state index contributed by atoms with van der Waals surface area (Å²) < 4.78 is 6.28. The zero-order chi connectivity index (χ0) is 16.2. The quantitative estimate of drug-likeness (QED) is 0.805. The van der Waals surface area contributed by atoms with Crippen LogP contribution in [0.15, 0.2) is 63.3 Å². The van der Waals surface area contributed by atoms with E-state index in [0.717, 1.165) is 10.2 Å². The molecule has 1 heterocycles. The normalized spacial score (nSPS) is 17.5. The SMILES string of the molecule is O=C1C=C(NNC(=O)c2ccc(Br)cc2)C[C@H](c2ccco2)C1. The lowest BCUT2D eigenvalue weighted by atomic mass is 9.89. The highest BCUT2D eigenvalue weighted by Gasteiger charge is 2.24. The van der Waals surface area contributed by atoms with Crippen LogP contribution < -0.4 is 10.9 Å². The number of hydrogen-bond donors (Lipinski definition) is 2. The summed E-state index contributed by atoms with van der Waals surface area (Å²) in [5.74, 6) is 0.531. The van der Waals surface area contributed by atoms with Gasteiger partial charge in [0.2, 0.25) is 0 Å². The highest BCUT2D eigenvalue weighted by Crippen LogP contribution is 2.30. The Morgan fingerprint density at radius 3 is 2.65 bits per heavy atom. The molecule has 1 aromatic heterocycles. The lowest BCUT2D eigenvalue weighted by Gasteiger charge is -2.21. The molecule has 3 rings (SSSR count). The number of halogens is 1. The number of carbonyl (C=O) groups excluding carboxylic acids is 2. The zero-order valence-electron chi connectivity index (χ0n) is 12.2. The van der Waals surface area contributed by atoms with Crippen molar-refractivity contribution in [2.24, 2.45) is 0 Å². The molecule has 1 aliphatic rings. The molecule has 2 N–H and O–H groups in total. The van der Waals surface area contributed by atoms with Crippen LogP contribution in [0.5, 0.6) is 0 Å². The van der Waals surface area contributed by atoms with E-state index in [9.17, 15) is 9.59 Å². The van der Waals surface area contributed by atoms with Gasteiger partial charge in [-0.3, -0.25) is 15.0 Å². The van der Waals surface area contributed by atoms with Gasteiger partial charge in [-0.25, -0.2) is 0 Å². The summed E-state index contributed by atoms with van der Waals surface area (Å²) in [6.07, 6.45) is 4.15. The van der Waals surface area contributed by atoms with Gasteiger partial charge in [0.15, 0.2) is 5.78 Å². The van der Waals surface area contributed by atoms with E-state index in [0.29, 0.717) is 24.1 Å². The third-order valence-electron chi connectivity index (χ3n) is 3.64. The fraction of sp³-hybridized carbons (Fsp3) is 0.176. The molecule has 2 aromatic rings. The first-order valence-electron chi connectivity index (χ1n) is 7.20. The molecule has 1 aromatic carbocycles. The van der Waals surface area contributed by atoms with Crippen LogP contribution in [0.25, 0.3) is 0 Å². The molecular formula is C17H15BrN2O3. The molecule has 0 saturated carbocycles. The van der Waals surface area contributed by atoms with Crippen molar-refractivity contribution in [2.75, 3.05) is 0 Å². The average molecular weight is 375 g/mol. The Morgan fingerprint density at radius 2 is 1.96 bits per heavy atom. The van der Waals surface area contributed by atoms with Crippen LogP contribution in [0, 0.1) is 0 Å². The monoisotopic (exact) mass is 374 g/mol. The van der Waals surface area contributed by atoms with E-state index in [-0.39, 0.29) is 17.6 Å². The van der Waals surface area contributed by atoms with E-state index < -0.39 is 0 Å². The lowest BCUT2D eigenvalue weighted by Crippen LogP contribution is -2.38. The zero-order valence-corrected chi connectivity index (χ0v) is 13.8. The summed E-state index contributed by atoms with van der Waals surface area (Å²) in [6, 6.07) is 10.7. The largest absolute Gasteiger partial charge is 0.469 e. The maximum Gasteiger partial charge on any atom is 0.269 e. The van der Waals surface area contributed by atoms with Crippen molar-refractivity contribution in [3.05, 3.63) is 70.2 Å². The first-order valence-corrected chi connectivity index (χ1v) is 8.00. The summed E-state index contributed by atoms with van der Waals surface area (Å²) >= 11 is 3.33. The molecule has 0 unspecified atom stereocenters. The van der Waals surface area contributed by atoms with Gasteiger partial charge in [-0.15, -0.1) is 0 Å². The molecule has 23 heavy (non-hydrogen) atoms. The van der Waals surface area contributed by atoms with Gasteiger partial charge in [0.25, 0.3) is 5.91 Å². The van der Waals surface area contributed by atoms with Gasteiger partial charge in [-0.2, -0.15) is 0 Å². The minimum absolute atomic E-state index is 0.00502. The third kappa shape index (κ3) is 3.90. The smallest absolute Gasteiger partial charge is 0.269 e. The summed E-state index contributed by atoms with van der Waals surface area (Å²) in [6.45, 7) is 0. The molecule has 5 nitrogen and oxygen atoms in total. The molecule has 0 aliphatic heterocycles. The number of ketones is 1. The molecule has 0 bridgehead atoms. The topological polar surface area (TPSA) is 71.3 Å². The molecule has 1 amide bonds. The van der Waals surface area contributed by atoms with Crippen molar-refractivity contribution in [1.82, 2.24) is 10.9 Å². The van der Waals surface area contributed by atoms with Gasteiger partial charge in [0, 0.05) is 34.1 Å². The van der Waals surface area contributed by atoms with Crippen molar-refractivity contribution >= 4 is 27.6 Å². The van der Waals surface area contributed by atoms with Crippen LogP contribution in [0.1, 0.15) is 34.9 Å². The number of rotatable bonds is 4. The minimum Gasteiger partial charge on any atom is -0.469 e. The van der Waals surface area contributed by atoms with Crippen molar-refractivity contribution in [2.45, 2.75) is 18.8 Å². The fourth-order valence-electron chi connectivity index (χ4n) is 2.52. The highest BCUT2D eigenvalue weighted by atomic mass is 79.9. The minimum atomic E-state index is -0.258. The molecule has 1 aliphatic carbocycles. The van der Waals surface area contributed by atoms with Gasteiger partial charge in [0.05, 0.1) is 6.26 Å². The second kappa shape index (κ2) is 6.83. The fourth-order valence-corrected chi connectivity index (χ4v) is 2.78. The van der Waals surface area contributed by atoms with Gasteiger partial charge in [-0.1, -0.05) is 15.9 Å². The van der Waals surface area contributed by atoms with Crippen LogP contribution in [0.3, 0.4) is 0 Å². The number of amides is 1. The van der Waals surface area contributed by atoms with Crippen LogP contribution in [-0.4, -0.2) is 11.7 Å². The number of furan rings is 1. The van der Waals surface area contributed by atoms with Crippen LogP contribution in [0.4, 0.5) is 0 Å². The highest BCUT2D eigenvalue weighted by molar-refractivity contribution is 9.10. The van der Waals surface area contributed by atoms with Gasteiger partial charge in [-0.05, 0) is 42.8 Å². The van der Waals surface area contributed by atoms with E-state index in [4.69, 9.17) is 4.42 Å². The Balaban J connectivity index is 1.62. The number of hydrazine groups is 1. The second-order valence-electron chi connectivity index (χ2n) is 5.34. The van der Waals surface area contributed by atoms with Gasteiger partial charge in [0.1, 0.15) is 5.76 Å². The lowest BCUT2D eigenvalue weighted by molar-refractivity contribution is -0.115. The summed E-state index contributed by atoms with van der Waals surface area (Å²) in [5, 5.41) is 0. The van der Waals surface area contributed by atoms with Gasteiger partial charge >= 0.3 is 0 Å². The summed E-state index contributed by atoms with van der Waals surface area (Å²) in [4.78, 5) is 23.9. The van der Waals surface area contributed by atoms with Crippen molar-refractivity contribution in [3.8, 4) is 0 Å². The third-order valence-corrected chi connectivity index (χ3v) is 4.17. The number of hydrogen-bond acceptors (Lipinski definition) is 4. The maximum atomic E-state index is 12.1. The number of benzene rings is 1. The first kappa shape index (κ1) is 15.6. The number of carbonyl (C=O) groups is 2. The molecule has 0 saturated heterocycles. The Kier molecular flexibility index (Phi) is 4.62.